The number of likely N-dealkylation sites (tertiary alicyclic amines) is 1. The quantitative estimate of drug-likeness (QED) is 0.151. The maximum absolute atomic E-state index is 16.7. The van der Waals surface area contributed by atoms with E-state index in [0.29, 0.717) is 57.3 Å². The number of hydrogen-bond donors (Lipinski definition) is 1. The minimum absolute atomic E-state index is 0.0734. The molecule has 2 amide bonds. The molecule has 58 heavy (non-hydrogen) atoms. The van der Waals surface area contributed by atoms with Crippen LogP contribution in [0.25, 0.3) is 32.9 Å². The van der Waals surface area contributed by atoms with Gasteiger partial charge in [0.1, 0.15) is 0 Å². The molecule has 0 radical (unpaired) electrons. The number of halogens is 1. The van der Waals surface area contributed by atoms with Crippen molar-refractivity contribution >= 4 is 47.5 Å². The van der Waals surface area contributed by atoms with Crippen LogP contribution in [0.3, 0.4) is 0 Å². The molecule has 0 unspecified atom stereocenters. The molecule has 12 nitrogen and oxygen atoms in total. The molecule has 2 fully saturated rings. The van der Waals surface area contributed by atoms with E-state index in [4.69, 9.17) is 4.74 Å². The Morgan fingerprint density at radius 3 is 2.16 bits per heavy atom. The number of ether oxygens (including phenoxy) is 1. The maximum Gasteiger partial charge on any atom is 0.279 e. The van der Waals surface area contributed by atoms with E-state index in [1.54, 1.807) is 89.9 Å². The van der Waals surface area contributed by atoms with Crippen molar-refractivity contribution in [1.29, 1.82) is 0 Å². The minimum atomic E-state index is -3.63. The highest BCUT2D eigenvalue weighted by Gasteiger charge is 2.67. The second-order valence-electron chi connectivity index (χ2n) is 16.2. The summed E-state index contributed by atoms with van der Waals surface area (Å²) in [6, 6.07) is 26.5. The number of nitrogens with zero attached hydrogens (tertiary/aromatic N) is 6. The fourth-order valence-electron chi connectivity index (χ4n) is 9.69. The zero-order chi connectivity index (χ0) is 40.5. The summed E-state index contributed by atoms with van der Waals surface area (Å²) in [5.41, 5.74) is -0.473. The summed E-state index contributed by atoms with van der Waals surface area (Å²) in [4.78, 5) is 59.8. The standard InChI is InChI=1S/C44H43FN6O6Si/c1-27-40(58(2,3)45)38(22-39(53)48-19-9-14-33(48)26-52)57-44(27)36-21-32(51-42(55)35-16-7-5-12-30(35)24-47-51)17-18-37(36)49(43(44)56)25-28-10-8-13-31(20-28)50-41(54)34-15-6-4-11-29(34)23-46-50/h4-8,10-13,15-18,20-21,23-24,27,33,38,40,52H,9,14,19,22,25-26H2,1-3H3/t27-,33-,38+,40-,44+/m0/s1. The Morgan fingerprint density at radius 1 is 0.879 bits per heavy atom. The third kappa shape index (κ3) is 6.00. The molecule has 14 heteroatoms. The molecule has 0 aliphatic carbocycles. The molecule has 0 saturated carbocycles. The predicted molar refractivity (Wildman–Crippen MR) is 220 cm³/mol. The van der Waals surface area contributed by atoms with E-state index in [-0.39, 0.29) is 42.6 Å². The van der Waals surface area contributed by atoms with Gasteiger partial charge in [-0.15, -0.1) is 0 Å². The summed E-state index contributed by atoms with van der Waals surface area (Å²) in [6.07, 6.45) is 3.62. The van der Waals surface area contributed by atoms with Gasteiger partial charge in [0, 0.05) is 34.3 Å². The Kier molecular flexibility index (Phi) is 9.25. The normalized spacial score (nSPS) is 23.1. The molecule has 1 spiro atoms. The van der Waals surface area contributed by atoms with Crippen molar-refractivity contribution in [2.45, 2.75) is 69.1 Å². The Hall–Kier alpha value is -5.83. The van der Waals surface area contributed by atoms with E-state index in [1.165, 1.54) is 9.36 Å². The van der Waals surface area contributed by atoms with Gasteiger partial charge in [0.05, 0.1) is 71.9 Å². The molecule has 4 aromatic carbocycles. The largest absolute Gasteiger partial charge is 0.394 e. The number of carbonyl (C=O) groups is 2. The topological polar surface area (TPSA) is 140 Å². The minimum Gasteiger partial charge on any atom is -0.394 e. The number of rotatable bonds is 8. The second kappa shape index (κ2) is 14.2. The number of aliphatic hydroxyl groups is 1. The molecule has 2 aromatic heterocycles. The summed E-state index contributed by atoms with van der Waals surface area (Å²) in [5.74, 6) is -1.36. The average Bonchev–Trinajstić information content (AvgIpc) is 3.88. The van der Waals surface area contributed by atoms with Gasteiger partial charge in [-0.3, -0.25) is 19.2 Å². The van der Waals surface area contributed by atoms with Gasteiger partial charge < -0.3 is 23.8 Å². The SMILES string of the molecule is C[C@H]1[C@H]([Si](C)(C)F)[C@@H](CC(=O)N2CCC[C@H]2CO)O[C@]12C(=O)N(Cc1cccc(-n3ncc4ccccc4c3=O)c1)c1ccc(-n3ncc4ccccc4c3=O)cc12. The number of anilines is 1. The summed E-state index contributed by atoms with van der Waals surface area (Å²) in [5, 5.41) is 21.3. The lowest BCUT2D eigenvalue weighted by molar-refractivity contribution is -0.150. The van der Waals surface area contributed by atoms with Crippen molar-refractivity contribution in [1.82, 2.24) is 24.5 Å². The van der Waals surface area contributed by atoms with Gasteiger partial charge in [-0.2, -0.15) is 19.6 Å². The summed E-state index contributed by atoms with van der Waals surface area (Å²) in [7, 11) is -3.63. The molecule has 296 valence electrons. The van der Waals surface area contributed by atoms with Crippen LogP contribution in [0.4, 0.5) is 9.80 Å². The van der Waals surface area contributed by atoms with Crippen LogP contribution >= 0.6 is 0 Å². The van der Waals surface area contributed by atoms with E-state index in [1.807, 2.05) is 43.3 Å². The first-order valence-corrected chi connectivity index (χ1v) is 22.6. The number of fused-ring (bicyclic) bond motifs is 4. The number of amides is 2. The van der Waals surface area contributed by atoms with Crippen LogP contribution in [0, 0.1) is 5.92 Å². The van der Waals surface area contributed by atoms with E-state index in [0.717, 1.165) is 11.8 Å². The van der Waals surface area contributed by atoms with Crippen LogP contribution in [0.1, 0.15) is 37.3 Å². The van der Waals surface area contributed by atoms with Crippen molar-refractivity contribution in [2.24, 2.45) is 5.92 Å². The molecule has 3 aliphatic heterocycles. The third-order valence-electron chi connectivity index (χ3n) is 12.4. The van der Waals surface area contributed by atoms with Crippen molar-refractivity contribution < 1.29 is 23.5 Å². The lowest BCUT2D eigenvalue weighted by atomic mass is 9.82. The van der Waals surface area contributed by atoms with E-state index in [9.17, 15) is 19.5 Å². The molecule has 2 saturated heterocycles. The van der Waals surface area contributed by atoms with Gasteiger partial charge in [-0.05, 0) is 74.0 Å². The fraction of sp³-hybridized carbons (Fsp3) is 0.318. The fourth-order valence-corrected chi connectivity index (χ4v) is 12.2. The van der Waals surface area contributed by atoms with Crippen LogP contribution in [0.15, 0.2) is 113 Å². The Bertz CT molecular complexity index is 2750. The Labute approximate surface area is 334 Å². The van der Waals surface area contributed by atoms with Gasteiger partial charge in [0.25, 0.3) is 17.0 Å². The molecule has 9 rings (SSSR count). The van der Waals surface area contributed by atoms with E-state index in [2.05, 4.69) is 10.2 Å². The molecular weight excluding hydrogens is 756 g/mol. The lowest BCUT2D eigenvalue weighted by Gasteiger charge is -2.31. The highest BCUT2D eigenvalue weighted by Crippen LogP contribution is 2.60. The number of benzene rings is 4. The molecule has 0 bridgehead atoms. The molecule has 1 N–H and O–H groups in total. The molecule has 3 aliphatic rings. The van der Waals surface area contributed by atoms with Gasteiger partial charge in [-0.1, -0.05) is 55.5 Å². The first-order valence-electron chi connectivity index (χ1n) is 19.7. The lowest BCUT2D eigenvalue weighted by Crippen LogP contribution is -2.45. The molecular formula is C44H43FN6O6Si. The Balaban J connectivity index is 1.15. The van der Waals surface area contributed by atoms with Crippen LogP contribution in [0.5, 0.6) is 0 Å². The first-order chi connectivity index (χ1) is 27.9. The number of aliphatic hydroxyl groups excluding tert-OH is 1. The monoisotopic (exact) mass is 798 g/mol. The summed E-state index contributed by atoms with van der Waals surface area (Å²) >= 11 is 0. The van der Waals surface area contributed by atoms with Crippen molar-refractivity contribution in [3.8, 4) is 11.4 Å². The zero-order valence-corrected chi connectivity index (χ0v) is 33.4. The third-order valence-corrected chi connectivity index (χ3v) is 14.8. The van der Waals surface area contributed by atoms with Crippen LogP contribution in [-0.4, -0.2) is 75.1 Å². The zero-order valence-electron chi connectivity index (χ0n) is 32.4. The predicted octanol–water partition coefficient (Wildman–Crippen LogP) is 5.78. The molecule has 5 atom stereocenters. The van der Waals surface area contributed by atoms with Gasteiger partial charge in [0.15, 0.2) is 5.60 Å². The smallest absolute Gasteiger partial charge is 0.279 e. The van der Waals surface area contributed by atoms with Gasteiger partial charge in [-0.25, -0.2) is 0 Å². The average molecular weight is 799 g/mol. The van der Waals surface area contributed by atoms with Crippen molar-refractivity contribution in [3.63, 3.8) is 0 Å². The summed E-state index contributed by atoms with van der Waals surface area (Å²) in [6.45, 7) is 5.40. The number of hydrogen-bond acceptors (Lipinski definition) is 8. The first kappa shape index (κ1) is 37.7. The number of carbonyl (C=O) groups excluding carboxylic acids is 2. The highest BCUT2D eigenvalue weighted by molar-refractivity contribution is 6.72. The van der Waals surface area contributed by atoms with Crippen LogP contribution < -0.4 is 16.0 Å². The molecule has 6 aromatic rings. The highest BCUT2D eigenvalue weighted by atomic mass is 28.4. The number of aromatic nitrogens is 4. The van der Waals surface area contributed by atoms with Crippen LogP contribution in [-0.2, 0) is 26.5 Å². The van der Waals surface area contributed by atoms with Crippen molar-refractivity contribution in [2.75, 3.05) is 18.1 Å². The van der Waals surface area contributed by atoms with E-state index < -0.39 is 37.5 Å². The van der Waals surface area contributed by atoms with E-state index >= 15 is 8.90 Å². The van der Waals surface area contributed by atoms with Crippen LogP contribution in [0.2, 0.25) is 18.6 Å². The Morgan fingerprint density at radius 2 is 1.52 bits per heavy atom. The maximum atomic E-state index is 16.7. The van der Waals surface area contributed by atoms with Crippen molar-refractivity contribution in [3.05, 3.63) is 135 Å². The van der Waals surface area contributed by atoms with Gasteiger partial charge >= 0.3 is 0 Å². The molecule has 5 heterocycles. The van der Waals surface area contributed by atoms with Gasteiger partial charge in [0.2, 0.25) is 14.3 Å². The summed E-state index contributed by atoms with van der Waals surface area (Å²) < 4.78 is 26.3. The second-order valence-corrected chi connectivity index (χ2v) is 20.0.